The van der Waals surface area contributed by atoms with E-state index < -0.39 is 0 Å². The van der Waals surface area contributed by atoms with Crippen molar-refractivity contribution in [2.75, 3.05) is 16.9 Å². The van der Waals surface area contributed by atoms with E-state index in [1.807, 2.05) is 24.4 Å². The van der Waals surface area contributed by atoms with Crippen molar-refractivity contribution >= 4 is 40.0 Å². The van der Waals surface area contributed by atoms with Gasteiger partial charge in [-0.2, -0.15) is 0 Å². The zero-order valence-corrected chi connectivity index (χ0v) is 12.4. The lowest BCUT2D eigenvalue weighted by molar-refractivity contribution is -0.122. The molecule has 1 aliphatic heterocycles. The van der Waals surface area contributed by atoms with Crippen LogP contribution in [0, 0.1) is 0 Å². The molecule has 0 aliphatic carbocycles. The van der Waals surface area contributed by atoms with E-state index in [9.17, 15) is 9.59 Å². The zero-order chi connectivity index (χ0) is 13.7. The number of nitrogens with zero attached hydrogens (tertiary/aromatic N) is 1. The molecule has 5 nitrogen and oxygen atoms in total. The Kier molecular flexibility index (Phi) is 5.09. The number of thiophene rings is 1. The van der Waals surface area contributed by atoms with E-state index in [0.29, 0.717) is 12.3 Å². The minimum atomic E-state index is -0.200. The molecule has 19 heavy (non-hydrogen) atoms. The van der Waals surface area contributed by atoms with Gasteiger partial charge >= 0.3 is 6.03 Å². The van der Waals surface area contributed by atoms with Gasteiger partial charge in [-0.15, -0.1) is 23.1 Å². The van der Waals surface area contributed by atoms with Gasteiger partial charge < -0.3 is 5.32 Å². The molecule has 0 aromatic carbocycles. The van der Waals surface area contributed by atoms with Gasteiger partial charge in [0.2, 0.25) is 5.91 Å². The van der Waals surface area contributed by atoms with Gasteiger partial charge in [0.1, 0.15) is 6.17 Å². The number of anilines is 1. The van der Waals surface area contributed by atoms with Crippen molar-refractivity contribution in [1.29, 1.82) is 0 Å². The summed E-state index contributed by atoms with van der Waals surface area (Å²) in [6, 6.07) is 3.59. The summed E-state index contributed by atoms with van der Waals surface area (Å²) >= 11 is 3.18. The molecule has 0 radical (unpaired) electrons. The van der Waals surface area contributed by atoms with Crippen LogP contribution in [0.3, 0.4) is 0 Å². The van der Waals surface area contributed by atoms with E-state index in [1.54, 1.807) is 16.7 Å². The zero-order valence-electron chi connectivity index (χ0n) is 10.7. The second-order valence-electron chi connectivity index (χ2n) is 4.14. The highest BCUT2D eigenvalue weighted by molar-refractivity contribution is 7.99. The second-order valence-corrected chi connectivity index (χ2v) is 6.16. The Morgan fingerprint density at radius 2 is 2.37 bits per heavy atom. The van der Waals surface area contributed by atoms with Crippen LogP contribution in [-0.4, -0.2) is 34.6 Å². The summed E-state index contributed by atoms with van der Waals surface area (Å²) in [4.78, 5) is 25.4. The van der Waals surface area contributed by atoms with Crippen LogP contribution in [0.4, 0.5) is 9.80 Å². The third-order valence-electron chi connectivity index (χ3n) is 2.80. The van der Waals surface area contributed by atoms with Crippen molar-refractivity contribution in [3.63, 3.8) is 0 Å². The van der Waals surface area contributed by atoms with E-state index in [0.717, 1.165) is 17.2 Å². The first-order valence-electron chi connectivity index (χ1n) is 6.19. The molecule has 1 aromatic rings. The number of nitrogens with one attached hydrogen (secondary N) is 2. The molecular weight excluding hydrogens is 282 g/mol. The molecule has 1 aliphatic rings. The molecule has 7 heteroatoms. The molecule has 3 amide bonds. The lowest BCUT2D eigenvalue weighted by Crippen LogP contribution is -2.54. The quantitative estimate of drug-likeness (QED) is 0.901. The van der Waals surface area contributed by atoms with Crippen LogP contribution in [-0.2, 0) is 4.79 Å². The fourth-order valence-electron chi connectivity index (χ4n) is 1.77. The number of amides is 3. The third kappa shape index (κ3) is 3.87. The van der Waals surface area contributed by atoms with Gasteiger partial charge in [0.25, 0.3) is 0 Å². The van der Waals surface area contributed by atoms with Gasteiger partial charge in [-0.3, -0.25) is 15.0 Å². The minimum absolute atomic E-state index is 0.0224. The molecule has 0 saturated carbocycles. The number of urea groups is 1. The van der Waals surface area contributed by atoms with Crippen LogP contribution < -0.4 is 10.6 Å². The maximum atomic E-state index is 12.2. The maximum Gasteiger partial charge on any atom is 0.324 e. The van der Waals surface area contributed by atoms with E-state index >= 15 is 0 Å². The fraction of sp³-hybridized carbons (Fsp3) is 0.500. The molecule has 1 fully saturated rings. The molecule has 104 valence electrons. The number of thioether (sulfide) groups is 1. The first-order valence-corrected chi connectivity index (χ1v) is 8.22. The van der Waals surface area contributed by atoms with Crippen LogP contribution >= 0.6 is 23.1 Å². The van der Waals surface area contributed by atoms with Crippen molar-refractivity contribution in [1.82, 2.24) is 10.2 Å². The molecule has 0 bridgehead atoms. The Hall–Kier alpha value is -1.21. The molecule has 2 N–H and O–H groups in total. The highest BCUT2D eigenvalue weighted by atomic mass is 32.2. The number of carbonyl (C=O) groups is 2. The van der Waals surface area contributed by atoms with Crippen molar-refractivity contribution in [2.45, 2.75) is 25.9 Å². The average Bonchev–Trinajstić information content (AvgIpc) is 2.92. The molecule has 1 saturated heterocycles. The van der Waals surface area contributed by atoms with Crippen LogP contribution in [0.1, 0.15) is 19.8 Å². The second kappa shape index (κ2) is 6.81. The van der Waals surface area contributed by atoms with Gasteiger partial charge in [0.15, 0.2) is 0 Å². The smallest absolute Gasteiger partial charge is 0.324 e. The first kappa shape index (κ1) is 14.2. The van der Waals surface area contributed by atoms with Gasteiger partial charge in [0.05, 0.1) is 10.9 Å². The predicted molar refractivity (Wildman–Crippen MR) is 79.3 cm³/mol. The Morgan fingerprint density at radius 1 is 1.53 bits per heavy atom. The lowest BCUT2D eigenvalue weighted by Gasteiger charge is -2.35. The molecule has 1 atom stereocenters. The van der Waals surface area contributed by atoms with Crippen molar-refractivity contribution in [3.8, 4) is 0 Å². The van der Waals surface area contributed by atoms with Crippen molar-refractivity contribution in [3.05, 3.63) is 17.5 Å². The Morgan fingerprint density at radius 3 is 3.05 bits per heavy atom. The minimum Gasteiger partial charge on any atom is -0.336 e. The highest BCUT2D eigenvalue weighted by Crippen LogP contribution is 2.21. The summed E-state index contributed by atoms with van der Waals surface area (Å²) in [7, 11) is 0. The number of rotatable bonds is 3. The van der Waals surface area contributed by atoms with E-state index in [1.165, 1.54) is 11.3 Å². The van der Waals surface area contributed by atoms with Crippen molar-refractivity contribution < 1.29 is 9.59 Å². The van der Waals surface area contributed by atoms with E-state index in [4.69, 9.17) is 0 Å². The van der Waals surface area contributed by atoms with E-state index in [2.05, 4.69) is 10.6 Å². The largest absolute Gasteiger partial charge is 0.336 e. The summed E-state index contributed by atoms with van der Waals surface area (Å²) < 4.78 is 0. The number of hydrogen-bond acceptors (Lipinski definition) is 4. The van der Waals surface area contributed by atoms with Crippen molar-refractivity contribution in [2.24, 2.45) is 0 Å². The normalized spacial score (nSPS) is 19.0. The van der Waals surface area contributed by atoms with E-state index in [-0.39, 0.29) is 18.1 Å². The van der Waals surface area contributed by atoms with Gasteiger partial charge in [-0.05, 0) is 29.7 Å². The summed E-state index contributed by atoms with van der Waals surface area (Å²) in [6.07, 6.45) is 1.02. The highest BCUT2D eigenvalue weighted by Gasteiger charge is 2.28. The van der Waals surface area contributed by atoms with Crippen LogP contribution in [0.15, 0.2) is 17.5 Å². The lowest BCUT2D eigenvalue weighted by atomic mass is 10.3. The molecule has 1 unspecified atom stereocenters. The Labute approximate surface area is 120 Å². The number of carbonyl (C=O) groups excluding carboxylic acids is 2. The predicted octanol–water partition coefficient (Wildman–Crippen LogP) is 2.53. The molecule has 2 heterocycles. The van der Waals surface area contributed by atoms with Gasteiger partial charge in [-0.25, -0.2) is 4.79 Å². The standard InChI is InChI=1S/C12H17N3O2S2/c1-2-10(16)13-9-5-7-18-8-15(9)12(17)14-11-4-3-6-19-11/h3-4,6,9H,2,5,7-8H2,1H3,(H,13,16)(H,14,17). The SMILES string of the molecule is CCC(=O)NC1CCSCN1C(=O)Nc1cccs1. The molecule has 0 spiro atoms. The average molecular weight is 299 g/mol. The number of hydrogen-bond donors (Lipinski definition) is 2. The van der Waals surface area contributed by atoms with Gasteiger partial charge in [0, 0.05) is 6.42 Å². The maximum absolute atomic E-state index is 12.2. The van der Waals surface area contributed by atoms with Crippen LogP contribution in [0.5, 0.6) is 0 Å². The van der Waals surface area contributed by atoms with Gasteiger partial charge in [-0.1, -0.05) is 6.92 Å². The van der Waals surface area contributed by atoms with Crippen LogP contribution in [0.25, 0.3) is 0 Å². The first-order chi connectivity index (χ1) is 9.20. The monoisotopic (exact) mass is 299 g/mol. The summed E-state index contributed by atoms with van der Waals surface area (Å²) in [5.74, 6) is 1.54. The summed E-state index contributed by atoms with van der Waals surface area (Å²) in [6.45, 7) is 1.81. The summed E-state index contributed by atoms with van der Waals surface area (Å²) in [5, 5.41) is 8.48. The summed E-state index contributed by atoms with van der Waals surface area (Å²) in [5.41, 5.74) is 0. The topological polar surface area (TPSA) is 61.4 Å². The Bertz CT molecular complexity index is 436. The molecule has 2 rings (SSSR count). The fourth-order valence-corrected chi connectivity index (χ4v) is 3.39. The molecule has 1 aromatic heterocycles. The molecular formula is C12H17N3O2S2. The Balaban J connectivity index is 1.98. The van der Waals surface area contributed by atoms with Crippen LogP contribution in [0.2, 0.25) is 0 Å². The third-order valence-corrected chi connectivity index (χ3v) is 4.57.